The normalized spacial score (nSPS) is 14.1. The Labute approximate surface area is 184 Å². The molecule has 162 valence electrons. The van der Waals surface area contributed by atoms with E-state index in [1.54, 1.807) is 25.1 Å². The molecule has 32 heavy (non-hydrogen) atoms. The molecule has 0 aliphatic heterocycles. The molecule has 0 amide bonds. The first-order chi connectivity index (χ1) is 15.5. The number of anilines is 1. The molecule has 2 heterocycles. The SMILES string of the molecule is Cc1c(C#N)cccc1-c1nc(N)c(F)c(C(C=NCc2ccn(CC3CC3)n2)=NN)n1. The summed E-state index contributed by atoms with van der Waals surface area (Å²) in [5.74, 6) is 5.20. The summed E-state index contributed by atoms with van der Waals surface area (Å²) in [5, 5.41) is 17.4. The molecule has 0 spiro atoms. The molecule has 0 unspecified atom stereocenters. The van der Waals surface area contributed by atoms with E-state index in [9.17, 15) is 9.65 Å². The van der Waals surface area contributed by atoms with Crippen LogP contribution in [0.3, 0.4) is 0 Å². The number of benzene rings is 1. The van der Waals surface area contributed by atoms with E-state index in [-0.39, 0.29) is 29.6 Å². The number of aliphatic imine (C=N–C) groups is 1. The maximum absolute atomic E-state index is 14.7. The number of halogens is 1. The molecule has 1 aliphatic carbocycles. The van der Waals surface area contributed by atoms with E-state index in [1.165, 1.54) is 19.1 Å². The zero-order chi connectivity index (χ0) is 22.7. The molecule has 1 aliphatic rings. The maximum atomic E-state index is 14.7. The molecule has 3 aromatic rings. The van der Waals surface area contributed by atoms with Gasteiger partial charge in [-0.05, 0) is 43.4 Å². The highest BCUT2D eigenvalue weighted by atomic mass is 19.1. The van der Waals surface area contributed by atoms with Crippen molar-refractivity contribution in [3.05, 3.63) is 58.8 Å². The number of aromatic nitrogens is 4. The largest absolute Gasteiger partial charge is 0.381 e. The molecule has 9 nitrogen and oxygen atoms in total. The second-order valence-corrected chi connectivity index (χ2v) is 7.64. The molecule has 0 atom stereocenters. The fraction of sp³-hybridized carbons (Fsp3) is 0.273. The van der Waals surface area contributed by atoms with E-state index >= 15 is 0 Å². The van der Waals surface area contributed by atoms with Gasteiger partial charge in [0.15, 0.2) is 17.5 Å². The summed E-state index contributed by atoms with van der Waals surface area (Å²) < 4.78 is 16.7. The Kier molecular flexibility index (Phi) is 5.89. The first-order valence-corrected chi connectivity index (χ1v) is 10.1. The molecule has 0 bridgehead atoms. The van der Waals surface area contributed by atoms with E-state index in [0.717, 1.165) is 18.2 Å². The average molecular weight is 431 g/mol. The summed E-state index contributed by atoms with van der Waals surface area (Å²) >= 11 is 0. The predicted molar refractivity (Wildman–Crippen MR) is 119 cm³/mol. The second kappa shape index (κ2) is 8.93. The van der Waals surface area contributed by atoms with Crippen LogP contribution in [0.4, 0.5) is 10.2 Å². The van der Waals surface area contributed by atoms with Gasteiger partial charge in [-0.3, -0.25) is 9.67 Å². The number of nitrogens with two attached hydrogens (primary N) is 2. The zero-order valence-electron chi connectivity index (χ0n) is 17.5. The molecule has 10 heteroatoms. The lowest BCUT2D eigenvalue weighted by Crippen LogP contribution is -2.15. The van der Waals surface area contributed by atoms with Gasteiger partial charge in [-0.25, -0.2) is 14.4 Å². The zero-order valence-corrected chi connectivity index (χ0v) is 17.5. The van der Waals surface area contributed by atoms with Crippen molar-refractivity contribution in [1.82, 2.24) is 19.7 Å². The molecule has 1 aromatic carbocycles. The van der Waals surface area contributed by atoms with Crippen LogP contribution < -0.4 is 11.6 Å². The van der Waals surface area contributed by atoms with Crippen LogP contribution >= 0.6 is 0 Å². The molecular weight excluding hydrogens is 409 g/mol. The molecule has 1 saturated carbocycles. The minimum absolute atomic E-state index is 0.0179. The lowest BCUT2D eigenvalue weighted by molar-refractivity contribution is 0.557. The molecule has 4 rings (SSSR count). The van der Waals surface area contributed by atoms with Crippen molar-refractivity contribution >= 4 is 17.7 Å². The smallest absolute Gasteiger partial charge is 0.193 e. The van der Waals surface area contributed by atoms with Gasteiger partial charge in [-0.2, -0.15) is 15.5 Å². The molecule has 2 aromatic heterocycles. The standard InChI is InChI=1S/C22H22FN9/c1-13-15(9-24)3-2-4-17(13)22-28-20(19(23)21(25)29-22)18(30-26)11-27-10-16-7-8-32(31-16)12-14-5-6-14/h2-4,7-8,11,14H,5-6,10,12,26H2,1H3,(H2,25,28,29). The first-order valence-electron chi connectivity index (χ1n) is 10.1. The van der Waals surface area contributed by atoms with E-state index in [4.69, 9.17) is 11.6 Å². The molecule has 0 saturated heterocycles. The summed E-state index contributed by atoms with van der Waals surface area (Å²) in [6.07, 6.45) is 5.77. The third-order valence-corrected chi connectivity index (χ3v) is 5.26. The van der Waals surface area contributed by atoms with Crippen LogP contribution in [0.1, 0.15) is 35.4 Å². The van der Waals surface area contributed by atoms with E-state index in [0.29, 0.717) is 16.7 Å². The highest BCUT2D eigenvalue weighted by molar-refractivity contribution is 6.37. The third-order valence-electron chi connectivity index (χ3n) is 5.26. The fourth-order valence-electron chi connectivity index (χ4n) is 3.29. The van der Waals surface area contributed by atoms with Gasteiger partial charge in [0.05, 0.1) is 30.1 Å². The minimum atomic E-state index is -0.841. The Morgan fingerprint density at radius 1 is 1.34 bits per heavy atom. The number of nitriles is 1. The third kappa shape index (κ3) is 4.46. The molecule has 0 radical (unpaired) electrons. The topological polar surface area (TPSA) is 144 Å². The van der Waals surface area contributed by atoms with Crippen LogP contribution in [0.5, 0.6) is 0 Å². The average Bonchev–Trinajstić information content (AvgIpc) is 3.50. The second-order valence-electron chi connectivity index (χ2n) is 7.64. The Hall–Kier alpha value is -4.13. The van der Waals surface area contributed by atoms with Gasteiger partial charge in [0.1, 0.15) is 11.4 Å². The molecule has 1 fully saturated rings. The van der Waals surface area contributed by atoms with Crippen molar-refractivity contribution in [1.29, 1.82) is 5.26 Å². The van der Waals surface area contributed by atoms with E-state index in [2.05, 4.69) is 31.2 Å². The van der Waals surface area contributed by atoms with Crippen molar-refractivity contribution in [2.75, 3.05) is 5.73 Å². The quantitative estimate of drug-likeness (QED) is 0.334. The number of hydrogen-bond acceptors (Lipinski definition) is 8. The number of rotatable bonds is 7. The summed E-state index contributed by atoms with van der Waals surface area (Å²) in [5.41, 5.74) is 8.12. The van der Waals surface area contributed by atoms with Crippen molar-refractivity contribution in [3.8, 4) is 17.5 Å². The van der Waals surface area contributed by atoms with Gasteiger partial charge in [-0.1, -0.05) is 12.1 Å². The predicted octanol–water partition coefficient (Wildman–Crippen LogP) is 2.59. The van der Waals surface area contributed by atoms with Crippen LogP contribution in [0.25, 0.3) is 11.4 Å². The lowest BCUT2D eigenvalue weighted by atomic mass is 10.0. The highest BCUT2D eigenvalue weighted by Gasteiger charge is 2.22. The maximum Gasteiger partial charge on any atom is 0.193 e. The van der Waals surface area contributed by atoms with Gasteiger partial charge in [0.25, 0.3) is 0 Å². The Morgan fingerprint density at radius 3 is 2.88 bits per heavy atom. The Morgan fingerprint density at radius 2 is 2.16 bits per heavy atom. The van der Waals surface area contributed by atoms with Crippen molar-refractivity contribution < 1.29 is 4.39 Å². The summed E-state index contributed by atoms with van der Waals surface area (Å²) in [6, 6.07) is 9.11. The van der Waals surface area contributed by atoms with Crippen molar-refractivity contribution in [2.45, 2.75) is 32.9 Å². The van der Waals surface area contributed by atoms with E-state index < -0.39 is 5.82 Å². The van der Waals surface area contributed by atoms with Crippen LogP contribution in [0, 0.1) is 30.0 Å². The number of nitrogens with zero attached hydrogens (tertiary/aromatic N) is 7. The fourth-order valence-corrected chi connectivity index (χ4v) is 3.29. The summed E-state index contributed by atoms with van der Waals surface area (Å²) in [4.78, 5) is 12.6. The number of hydrazone groups is 1. The highest BCUT2D eigenvalue weighted by Crippen LogP contribution is 2.30. The van der Waals surface area contributed by atoms with E-state index in [1.807, 2.05) is 16.9 Å². The van der Waals surface area contributed by atoms with Crippen LogP contribution in [0.15, 0.2) is 40.6 Å². The van der Waals surface area contributed by atoms with Gasteiger partial charge in [-0.15, -0.1) is 0 Å². The van der Waals surface area contributed by atoms with Crippen LogP contribution in [-0.2, 0) is 13.1 Å². The minimum Gasteiger partial charge on any atom is -0.381 e. The summed E-state index contributed by atoms with van der Waals surface area (Å²) in [7, 11) is 0. The first kappa shape index (κ1) is 21.1. The van der Waals surface area contributed by atoms with Gasteiger partial charge < -0.3 is 11.6 Å². The monoisotopic (exact) mass is 431 g/mol. The van der Waals surface area contributed by atoms with Crippen molar-refractivity contribution in [2.24, 2.45) is 21.9 Å². The van der Waals surface area contributed by atoms with Gasteiger partial charge >= 0.3 is 0 Å². The number of nitrogen functional groups attached to an aromatic ring is 1. The van der Waals surface area contributed by atoms with Crippen molar-refractivity contribution in [3.63, 3.8) is 0 Å². The molecule has 4 N–H and O–H groups in total. The van der Waals surface area contributed by atoms with Gasteiger partial charge in [0, 0.05) is 18.3 Å². The lowest BCUT2D eigenvalue weighted by Gasteiger charge is -2.10. The van der Waals surface area contributed by atoms with Crippen LogP contribution in [0.2, 0.25) is 0 Å². The summed E-state index contributed by atoms with van der Waals surface area (Å²) in [6.45, 7) is 2.97. The Balaban J connectivity index is 1.59. The Bertz CT molecular complexity index is 1250. The van der Waals surface area contributed by atoms with Crippen LogP contribution in [-0.4, -0.2) is 31.7 Å². The molecular formula is C22H22FN9. The number of hydrogen-bond donors (Lipinski definition) is 2. The van der Waals surface area contributed by atoms with Gasteiger partial charge in [0.2, 0.25) is 0 Å².